The van der Waals surface area contributed by atoms with Crippen LogP contribution in [0.25, 0.3) is 0 Å². The van der Waals surface area contributed by atoms with Crippen LogP contribution in [0.5, 0.6) is 0 Å². The molecule has 0 aromatic rings. The van der Waals surface area contributed by atoms with Crippen LogP contribution in [-0.2, 0) is 4.79 Å². The van der Waals surface area contributed by atoms with Crippen LogP contribution in [0.4, 0.5) is 0 Å². The number of allylic oxidation sites excluding steroid dienone is 2. The van der Waals surface area contributed by atoms with Crippen LogP contribution >= 0.6 is 0 Å². The van der Waals surface area contributed by atoms with Crippen molar-refractivity contribution in [1.82, 2.24) is 0 Å². The van der Waals surface area contributed by atoms with Crippen LogP contribution in [0, 0.1) is 17.8 Å². The molecule has 12 heavy (non-hydrogen) atoms. The Labute approximate surface area is 72.3 Å². The van der Waals surface area contributed by atoms with Crippen LogP contribution in [0.2, 0.25) is 0 Å². The van der Waals surface area contributed by atoms with Crippen molar-refractivity contribution in [3.05, 3.63) is 12.2 Å². The molecule has 2 aliphatic rings. The second kappa shape index (κ2) is 2.92. The van der Waals surface area contributed by atoms with Gasteiger partial charge in [0.1, 0.15) is 0 Å². The smallest absolute Gasteiger partial charge is 0.307 e. The summed E-state index contributed by atoms with van der Waals surface area (Å²) in [5, 5.41) is 8.85. The molecular formula is C10H14O2. The van der Waals surface area contributed by atoms with E-state index >= 15 is 0 Å². The lowest BCUT2D eigenvalue weighted by molar-refractivity contribution is -0.139. The summed E-state index contributed by atoms with van der Waals surface area (Å²) >= 11 is 0. The summed E-state index contributed by atoms with van der Waals surface area (Å²) in [6.07, 6.45) is 8.69. The summed E-state index contributed by atoms with van der Waals surface area (Å²) < 4.78 is 0. The number of carboxylic acids is 1. The molecule has 0 amide bonds. The molecule has 0 radical (unpaired) electrons. The van der Waals surface area contributed by atoms with Crippen LogP contribution in [0.15, 0.2) is 12.2 Å². The molecular weight excluding hydrogens is 152 g/mol. The molecule has 1 saturated carbocycles. The highest BCUT2D eigenvalue weighted by molar-refractivity contribution is 5.74. The third-order valence-corrected chi connectivity index (χ3v) is 3.12. The Bertz CT molecular complexity index is 204. The maximum Gasteiger partial charge on any atom is 0.307 e. The fourth-order valence-electron chi connectivity index (χ4n) is 2.41. The van der Waals surface area contributed by atoms with Crippen molar-refractivity contribution in [2.75, 3.05) is 0 Å². The van der Waals surface area contributed by atoms with Gasteiger partial charge in [0.25, 0.3) is 0 Å². The zero-order chi connectivity index (χ0) is 8.55. The average molecular weight is 166 g/mol. The predicted molar refractivity (Wildman–Crippen MR) is 45.7 cm³/mol. The molecule has 0 saturated heterocycles. The van der Waals surface area contributed by atoms with E-state index in [1.165, 1.54) is 0 Å². The van der Waals surface area contributed by atoms with Crippen molar-refractivity contribution >= 4 is 5.97 Å². The molecule has 2 heteroatoms. The van der Waals surface area contributed by atoms with Crippen LogP contribution in [0.1, 0.15) is 25.7 Å². The van der Waals surface area contributed by atoms with E-state index in [1.807, 2.05) is 0 Å². The van der Waals surface area contributed by atoms with Gasteiger partial charge in [-0.25, -0.2) is 0 Å². The molecule has 0 heterocycles. The number of hydrogen-bond acceptors (Lipinski definition) is 1. The van der Waals surface area contributed by atoms with Gasteiger partial charge < -0.3 is 5.11 Å². The summed E-state index contributed by atoms with van der Waals surface area (Å²) in [7, 11) is 0. The SMILES string of the molecule is O=C(O)C1[C@H]2CC/C=C\CC[C@@H]12. The van der Waals surface area contributed by atoms with Crippen molar-refractivity contribution in [3.8, 4) is 0 Å². The van der Waals surface area contributed by atoms with E-state index in [1.54, 1.807) is 0 Å². The predicted octanol–water partition coefficient (Wildman–Crippen LogP) is 2.06. The molecule has 0 aromatic heterocycles. The zero-order valence-corrected chi connectivity index (χ0v) is 7.07. The van der Waals surface area contributed by atoms with Gasteiger partial charge in [0.2, 0.25) is 0 Å². The van der Waals surface area contributed by atoms with E-state index in [0.29, 0.717) is 11.8 Å². The molecule has 0 aliphatic heterocycles. The minimum absolute atomic E-state index is 0.00935. The maximum atomic E-state index is 10.7. The Morgan fingerprint density at radius 1 is 1.17 bits per heavy atom. The lowest BCUT2D eigenvalue weighted by Crippen LogP contribution is -2.00. The molecule has 66 valence electrons. The number of fused-ring (bicyclic) bond motifs is 1. The van der Waals surface area contributed by atoms with Crippen molar-refractivity contribution in [2.24, 2.45) is 17.8 Å². The van der Waals surface area contributed by atoms with Crippen molar-refractivity contribution in [1.29, 1.82) is 0 Å². The third-order valence-electron chi connectivity index (χ3n) is 3.12. The standard InChI is InChI=1S/C10H14O2/c11-10(12)9-7-5-3-1-2-4-6-8(7)9/h1-2,7-9H,3-6H2,(H,11,12)/b2-1-/t7-,8+,9?. The minimum Gasteiger partial charge on any atom is -0.481 e. The van der Waals surface area contributed by atoms with Gasteiger partial charge in [-0.1, -0.05) is 12.2 Å². The maximum absolute atomic E-state index is 10.7. The normalized spacial score (nSPS) is 42.2. The van der Waals surface area contributed by atoms with Gasteiger partial charge in [0.15, 0.2) is 0 Å². The lowest BCUT2D eigenvalue weighted by Gasteiger charge is -1.98. The third kappa shape index (κ3) is 1.26. The van der Waals surface area contributed by atoms with Gasteiger partial charge in [-0.3, -0.25) is 4.79 Å². The van der Waals surface area contributed by atoms with Gasteiger partial charge in [-0.05, 0) is 37.5 Å². The first kappa shape index (κ1) is 7.84. The zero-order valence-electron chi connectivity index (χ0n) is 7.07. The average Bonchev–Trinajstić information content (AvgIpc) is 2.60. The van der Waals surface area contributed by atoms with Gasteiger partial charge in [-0.15, -0.1) is 0 Å². The van der Waals surface area contributed by atoms with E-state index in [4.69, 9.17) is 5.11 Å². The Morgan fingerprint density at radius 2 is 1.67 bits per heavy atom. The molecule has 3 atom stereocenters. The van der Waals surface area contributed by atoms with Gasteiger partial charge in [0.05, 0.1) is 5.92 Å². The summed E-state index contributed by atoms with van der Waals surface area (Å²) in [5.74, 6) is 0.400. The number of carbonyl (C=O) groups is 1. The molecule has 2 rings (SSSR count). The molecule has 2 nitrogen and oxygen atoms in total. The summed E-state index contributed by atoms with van der Waals surface area (Å²) in [6.45, 7) is 0. The number of aliphatic carboxylic acids is 1. The highest BCUT2D eigenvalue weighted by atomic mass is 16.4. The minimum atomic E-state index is -0.577. The largest absolute Gasteiger partial charge is 0.481 e. The number of rotatable bonds is 1. The van der Waals surface area contributed by atoms with Gasteiger partial charge >= 0.3 is 5.97 Å². The van der Waals surface area contributed by atoms with Crippen molar-refractivity contribution in [3.63, 3.8) is 0 Å². The first-order valence-corrected chi connectivity index (χ1v) is 4.68. The van der Waals surface area contributed by atoms with Gasteiger partial charge in [-0.2, -0.15) is 0 Å². The Morgan fingerprint density at radius 3 is 2.08 bits per heavy atom. The van der Waals surface area contributed by atoms with Crippen molar-refractivity contribution < 1.29 is 9.90 Å². The highest BCUT2D eigenvalue weighted by Gasteiger charge is 2.53. The summed E-state index contributed by atoms with van der Waals surface area (Å²) in [6, 6.07) is 0. The second-order valence-corrected chi connectivity index (χ2v) is 3.82. The lowest BCUT2D eigenvalue weighted by atomic mass is 10.1. The molecule has 0 spiro atoms. The van der Waals surface area contributed by atoms with E-state index in [0.717, 1.165) is 25.7 Å². The first-order valence-electron chi connectivity index (χ1n) is 4.68. The second-order valence-electron chi connectivity index (χ2n) is 3.82. The van der Waals surface area contributed by atoms with E-state index in [2.05, 4.69) is 12.2 Å². The molecule has 1 fully saturated rings. The van der Waals surface area contributed by atoms with Crippen LogP contribution < -0.4 is 0 Å². The fourth-order valence-corrected chi connectivity index (χ4v) is 2.41. The Hall–Kier alpha value is -0.790. The quantitative estimate of drug-likeness (QED) is 0.605. The Kier molecular flexibility index (Phi) is 1.91. The fraction of sp³-hybridized carbons (Fsp3) is 0.700. The highest BCUT2D eigenvalue weighted by Crippen LogP contribution is 2.52. The molecule has 1 N–H and O–H groups in total. The molecule has 0 aromatic carbocycles. The number of carboxylic acid groups (broad SMARTS) is 1. The molecule has 0 bridgehead atoms. The van der Waals surface area contributed by atoms with Crippen LogP contribution in [0.3, 0.4) is 0 Å². The summed E-state index contributed by atoms with van der Waals surface area (Å²) in [4.78, 5) is 10.7. The van der Waals surface area contributed by atoms with E-state index in [-0.39, 0.29) is 5.92 Å². The van der Waals surface area contributed by atoms with E-state index in [9.17, 15) is 4.79 Å². The monoisotopic (exact) mass is 166 g/mol. The summed E-state index contributed by atoms with van der Waals surface area (Å²) in [5.41, 5.74) is 0. The number of hydrogen-bond donors (Lipinski definition) is 1. The molecule has 1 unspecified atom stereocenters. The van der Waals surface area contributed by atoms with Crippen molar-refractivity contribution in [2.45, 2.75) is 25.7 Å². The molecule has 2 aliphatic carbocycles. The van der Waals surface area contributed by atoms with Crippen LogP contribution in [-0.4, -0.2) is 11.1 Å². The topological polar surface area (TPSA) is 37.3 Å². The van der Waals surface area contributed by atoms with Gasteiger partial charge in [0, 0.05) is 0 Å². The first-order chi connectivity index (χ1) is 5.80. The van der Waals surface area contributed by atoms with E-state index < -0.39 is 5.97 Å². The Balaban J connectivity index is 1.98.